The number of ether oxygens (including phenoxy) is 1. The Kier molecular flexibility index (Phi) is 13.0. The Morgan fingerprint density at radius 3 is 2.39 bits per heavy atom. The minimum absolute atomic E-state index is 0.00664. The van der Waals surface area contributed by atoms with Crippen LogP contribution in [-0.2, 0) is 20.2 Å². The molecule has 1 heterocycles. The lowest BCUT2D eigenvalue weighted by molar-refractivity contribution is -0.0733. The van der Waals surface area contributed by atoms with Crippen molar-refractivity contribution in [3.8, 4) is 0 Å². The number of aromatic nitrogens is 1. The fraction of sp³-hybridized carbons (Fsp3) is 0.903. The second kappa shape index (κ2) is 15.5. The monoisotopic (exact) mass is 568 g/mol. The second-order valence-electron chi connectivity index (χ2n) is 13.8. The predicted molar refractivity (Wildman–Crippen MR) is 163 cm³/mol. The van der Waals surface area contributed by atoms with E-state index in [-0.39, 0.29) is 23.0 Å². The third-order valence-corrected chi connectivity index (χ3v) is 10.3. The highest BCUT2D eigenvalue weighted by Gasteiger charge is 2.41. The molecule has 0 aliphatic heterocycles. The maximum absolute atomic E-state index is 13.2. The predicted octanol–water partition coefficient (Wildman–Crippen LogP) is 9.57. The van der Waals surface area contributed by atoms with Gasteiger partial charge in [0.25, 0.3) is 11.3 Å². The highest BCUT2D eigenvalue weighted by molar-refractivity contribution is 7.81. The normalized spacial score (nSPS) is 24.4. The van der Waals surface area contributed by atoms with Gasteiger partial charge in [0.05, 0.1) is 11.8 Å². The summed E-state index contributed by atoms with van der Waals surface area (Å²) in [5.41, 5.74) is 1.62. The van der Waals surface area contributed by atoms with Crippen molar-refractivity contribution in [2.24, 2.45) is 16.7 Å². The Morgan fingerprint density at radius 2 is 1.68 bits per heavy atom. The summed E-state index contributed by atoms with van der Waals surface area (Å²) in [6, 6.07) is 0. The van der Waals surface area contributed by atoms with Gasteiger partial charge in [-0.05, 0) is 61.7 Å². The van der Waals surface area contributed by atoms with E-state index in [4.69, 9.17) is 13.9 Å². The van der Waals surface area contributed by atoms with Gasteiger partial charge < -0.3 is 4.74 Å². The summed E-state index contributed by atoms with van der Waals surface area (Å²) in [6.45, 7) is 14.8. The lowest BCUT2D eigenvalue weighted by Crippen LogP contribution is -2.43. The van der Waals surface area contributed by atoms with Gasteiger partial charge in [-0.15, -0.1) is 11.3 Å². The van der Waals surface area contributed by atoms with Gasteiger partial charge in [0.1, 0.15) is 6.10 Å². The molecule has 7 heteroatoms. The van der Waals surface area contributed by atoms with E-state index in [1.807, 2.05) is 0 Å². The number of rotatable bonds is 15. The lowest BCUT2D eigenvalue weighted by atomic mass is 9.64. The number of nitrogens with one attached hydrogen (secondary N) is 1. The molecule has 5 nitrogen and oxygen atoms in total. The van der Waals surface area contributed by atoms with E-state index in [0.29, 0.717) is 17.0 Å². The maximum Gasteiger partial charge on any atom is 0.264 e. The van der Waals surface area contributed by atoms with Crippen molar-refractivity contribution in [2.45, 2.75) is 156 Å². The first-order valence-electron chi connectivity index (χ1n) is 15.5. The third kappa shape index (κ3) is 10.8. The summed E-state index contributed by atoms with van der Waals surface area (Å²) in [6.07, 6.45) is 17.9. The van der Waals surface area contributed by atoms with Crippen LogP contribution >= 0.6 is 11.3 Å². The summed E-state index contributed by atoms with van der Waals surface area (Å²) in [4.78, 5) is 4.77. The molecule has 0 bridgehead atoms. The average molecular weight is 569 g/mol. The summed E-state index contributed by atoms with van der Waals surface area (Å²) >= 11 is -0.0926. The SMILES string of the molecule is CCCCCCCCOC1CCC(C(C)(C)CC(C)(C)C)CC1OS(=O)Nc1nc(C2CCCCC2)cs1. The van der Waals surface area contributed by atoms with Crippen LogP contribution < -0.4 is 4.72 Å². The van der Waals surface area contributed by atoms with Crippen molar-refractivity contribution in [2.75, 3.05) is 11.3 Å². The molecule has 0 spiro atoms. The van der Waals surface area contributed by atoms with Gasteiger partial charge in [0.2, 0.25) is 0 Å². The van der Waals surface area contributed by atoms with Gasteiger partial charge >= 0.3 is 0 Å². The molecule has 2 saturated carbocycles. The standard InChI is InChI=1S/C31H56N2O3S2/c1-7-8-9-10-11-15-20-35-27-19-18-25(31(5,6)23-30(2,3)4)21-28(27)36-38(34)33-29-32-26(22-37-29)24-16-13-12-14-17-24/h22,24-25,27-28H,7-21,23H2,1-6H3,(H,32,33). The molecule has 4 atom stereocenters. The highest BCUT2D eigenvalue weighted by atomic mass is 32.2. The molecule has 0 amide bonds. The third-order valence-electron chi connectivity index (χ3n) is 8.58. The summed E-state index contributed by atoms with van der Waals surface area (Å²) in [7, 11) is 0. The molecule has 1 N–H and O–H groups in total. The molecular formula is C31H56N2O3S2. The molecule has 0 saturated heterocycles. The van der Waals surface area contributed by atoms with Crippen molar-refractivity contribution < 1.29 is 13.1 Å². The van der Waals surface area contributed by atoms with Crippen molar-refractivity contribution in [3.05, 3.63) is 11.1 Å². The van der Waals surface area contributed by atoms with E-state index < -0.39 is 11.3 Å². The van der Waals surface area contributed by atoms with E-state index in [1.165, 1.54) is 64.2 Å². The van der Waals surface area contributed by atoms with Crippen LogP contribution in [0.4, 0.5) is 5.13 Å². The first-order chi connectivity index (χ1) is 18.1. The number of thiazole rings is 1. The van der Waals surface area contributed by atoms with Gasteiger partial charge in [-0.3, -0.25) is 8.91 Å². The van der Waals surface area contributed by atoms with Crippen LogP contribution in [-0.4, -0.2) is 28.0 Å². The molecule has 1 aromatic heterocycles. The smallest absolute Gasteiger partial charge is 0.264 e. The molecule has 220 valence electrons. The summed E-state index contributed by atoms with van der Waals surface area (Å²) in [5.74, 6) is 1.07. The lowest BCUT2D eigenvalue weighted by Gasteiger charge is -2.45. The minimum Gasteiger partial charge on any atom is -0.375 e. The van der Waals surface area contributed by atoms with Crippen LogP contribution in [0, 0.1) is 16.7 Å². The average Bonchev–Trinajstić information content (AvgIpc) is 3.31. The van der Waals surface area contributed by atoms with Crippen LogP contribution in [0.25, 0.3) is 0 Å². The maximum atomic E-state index is 13.2. The quantitative estimate of drug-likeness (QED) is 0.214. The van der Waals surface area contributed by atoms with E-state index in [0.717, 1.165) is 44.4 Å². The first kappa shape index (κ1) is 32.0. The Morgan fingerprint density at radius 1 is 0.974 bits per heavy atom. The van der Waals surface area contributed by atoms with Gasteiger partial charge in [-0.2, -0.15) is 0 Å². The Labute approximate surface area is 240 Å². The van der Waals surface area contributed by atoms with Crippen molar-refractivity contribution in [3.63, 3.8) is 0 Å². The zero-order valence-electron chi connectivity index (χ0n) is 25.2. The number of hydrogen-bond acceptors (Lipinski definition) is 5. The number of hydrogen-bond donors (Lipinski definition) is 1. The zero-order chi connectivity index (χ0) is 27.6. The van der Waals surface area contributed by atoms with Crippen LogP contribution in [0.5, 0.6) is 0 Å². The van der Waals surface area contributed by atoms with Crippen LogP contribution in [0.15, 0.2) is 5.38 Å². The van der Waals surface area contributed by atoms with Crippen LogP contribution in [0.2, 0.25) is 0 Å². The topological polar surface area (TPSA) is 60.5 Å². The van der Waals surface area contributed by atoms with Crippen molar-refractivity contribution in [1.29, 1.82) is 0 Å². The molecule has 2 aliphatic rings. The Balaban J connectivity index is 1.58. The van der Waals surface area contributed by atoms with Crippen molar-refractivity contribution in [1.82, 2.24) is 4.98 Å². The molecule has 4 unspecified atom stereocenters. The molecule has 1 aromatic rings. The molecule has 0 aromatic carbocycles. The van der Waals surface area contributed by atoms with E-state index >= 15 is 0 Å². The zero-order valence-corrected chi connectivity index (χ0v) is 26.8. The van der Waals surface area contributed by atoms with Crippen LogP contribution in [0.1, 0.15) is 149 Å². The van der Waals surface area contributed by atoms with Gasteiger partial charge in [0.15, 0.2) is 5.13 Å². The molecule has 0 radical (unpaired) electrons. The van der Waals surface area contributed by atoms with E-state index in [1.54, 1.807) is 11.3 Å². The number of unbranched alkanes of at least 4 members (excludes halogenated alkanes) is 5. The van der Waals surface area contributed by atoms with Gasteiger partial charge in [-0.1, -0.05) is 92.9 Å². The highest BCUT2D eigenvalue weighted by Crippen LogP contribution is 2.46. The second-order valence-corrected chi connectivity index (χ2v) is 15.5. The number of nitrogens with zero attached hydrogens (tertiary/aromatic N) is 1. The van der Waals surface area contributed by atoms with Crippen molar-refractivity contribution >= 4 is 27.7 Å². The summed E-state index contributed by atoms with van der Waals surface area (Å²) in [5, 5.41) is 2.84. The molecule has 2 aliphatic carbocycles. The van der Waals surface area contributed by atoms with Crippen LogP contribution in [0.3, 0.4) is 0 Å². The van der Waals surface area contributed by atoms with Gasteiger partial charge in [-0.25, -0.2) is 9.19 Å². The fourth-order valence-corrected chi connectivity index (χ4v) is 8.55. The van der Waals surface area contributed by atoms with Gasteiger partial charge in [0, 0.05) is 17.9 Å². The largest absolute Gasteiger partial charge is 0.375 e. The Hall–Kier alpha value is -0.500. The fourth-order valence-electron chi connectivity index (χ4n) is 6.86. The van der Waals surface area contributed by atoms with E-state index in [9.17, 15) is 4.21 Å². The molecule has 2 fully saturated rings. The minimum atomic E-state index is -1.64. The molecule has 3 rings (SSSR count). The molecular weight excluding hydrogens is 512 g/mol. The summed E-state index contributed by atoms with van der Waals surface area (Å²) < 4.78 is 28.9. The number of anilines is 1. The first-order valence-corrected chi connectivity index (χ1v) is 17.5. The molecule has 38 heavy (non-hydrogen) atoms. The van der Waals surface area contributed by atoms with E-state index in [2.05, 4.69) is 51.6 Å². The Bertz CT molecular complexity index is 829.